The second-order valence-corrected chi connectivity index (χ2v) is 7.42. The minimum Gasteiger partial charge on any atom is -0.263 e. The predicted molar refractivity (Wildman–Crippen MR) is 76.4 cm³/mol. The number of nitrogens with one attached hydrogen (secondary N) is 1. The fourth-order valence-corrected chi connectivity index (χ4v) is 3.99. The van der Waals surface area contributed by atoms with Crippen molar-refractivity contribution in [3.8, 4) is 0 Å². The van der Waals surface area contributed by atoms with E-state index in [-0.39, 0.29) is 0 Å². The summed E-state index contributed by atoms with van der Waals surface area (Å²) in [4.78, 5) is 5.08. The van der Waals surface area contributed by atoms with Gasteiger partial charge in [-0.1, -0.05) is 13.0 Å². The Hall–Kier alpha value is -0.920. The minimum absolute atomic E-state index is 0.302. The molecule has 0 aliphatic rings. The number of aryl methyl sites for hydroxylation is 1. The van der Waals surface area contributed by atoms with E-state index in [0.29, 0.717) is 14.6 Å². The average molecular weight is 347 g/mol. The van der Waals surface area contributed by atoms with Crippen molar-refractivity contribution in [3.63, 3.8) is 0 Å². The van der Waals surface area contributed by atoms with Gasteiger partial charge in [0.1, 0.15) is 14.6 Å². The number of halogens is 1. The van der Waals surface area contributed by atoms with Crippen molar-refractivity contribution < 1.29 is 8.42 Å². The summed E-state index contributed by atoms with van der Waals surface area (Å²) in [5, 5.41) is 0. The molecule has 0 aliphatic carbocycles. The zero-order valence-corrected chi connectivity index (χ0v) is 12.8. The number of hydrogen-bond acceptors (Lipinski definition) is 4. The molecule has 18 heavy (non-hydrogen) atoms. The first kappa shape index (κ1) is 13.5. The summed E-state index contributed by atoms with van der Waals surface area (Å²) >= 11 is 4.47. The van der Waals surface area contributed by atoms with Gasteiger partial charge < -0.3 is 0 Å². The maximum absolute atomic E-state index is 12.1. The van der Waals surface area contributed by atoms with E-state index < -0.39 is 10.0 Å². The molecular weight excluding hydrogens is 336 g/mol. The Morgan fingerprint density at radius 3 is 2.72 bits per heavy atom. The third kappa shape index (κ3) is 3.09. The molecule has 0 aliphatic heterocycles. The first-order chi connectivity index (χ1) is 8.51. The van der Waals surface area contributed by atoms with Crippen LogP contribution in [0.1, 0.15) is 11.8 Å². The molecule has 2 heterocycles. The van der Waals surface area contributed by atoms with Gasteiger partial charge in [0.05, 0.1) is 0 Å². The summed E-state index contributed by atoms with van der Waals surface area (Å²) in [7, 11) is -3.53. The second-order valence-electron chi connectivity index (χ2n) is 3.53. The van der Waals surface area contributed by atoms with Crippen LogP contribution in [0, 0.1) is 0 Å². The van der Waals surface area contributed by atoms with Gasteiger partial charge in [-0.3, -0.25) is 4.72 Å². The number of thiophene rings is 1. The molecule has 7 heteroatoms. The van der Waals surface area contributed by atoms with Gasteiger partial charge in [-0.15, -0.1) is 11.3 Å². The number of aromatic nitrogens is 1. The summed E-state index contributed by atoms with van der Waals surface area (Å²) in [5.41, 5.74) is 0. The number of sulfonamides is 1. The van der Waals surface area contributed by atoms with Gasteiger partial charge in [0.25, 0.3) is 10.0 Å². The predicted octanol–water partition coefficient (Wildman–Crippen LogP) is 3.27. The fourth-order valence-electron chi connectivity index (χ4n) is 1.35. The molecule has 0 radical (unpaired) electrons. The highest BCUT2D eigenvalue weighted by molar-refractivity contribution is 9.10. The quantitative estimate of drug-likeness (QED) is 0.864. The van der Waals surface area contributed by atoms with Gasteiger partial charge >= 0.3 is 0 Å². The third-order valence-corrected chi connectivity index (χ3v) is 5.72. The summed E-state index contributed by atoms with van der Waals surface area (Å²) in [5.74, 6) is 0.302. The summed E-state index contributed by atoms with van der Waals surface area (Å²) in [6.07, 6.45) is 0.829. The summed E-state index contributed by atoms with van der Waals surface area (Å²) in [6.45, 7) is 1.99. The van der Waals surface area contributed by atoms with Gasteiger partial charge in [0.15, 0.2) is 0 Å². The normalized spacial score (nSPS) is 11.4. The Balaban J connectivity index is 2.27. The Morgan fingerprint density at radius 1 is 1.33 bits per heavy atom. The second kappa shape index (κ2) is 5.38. The Labute approximate surface area is 118 Å². The van der Waals surface area contributed by atoms with Gasteiger partial charge in [0.2, 0.25) is 0 Å². The molecule has 0 saturated heterocycles. The first-order valence-electron chi connectivity index (χ1n) is 5.25. The van der Waals surface area contributed by atoms with Gasteiger partial charge in [-0.2, -0.15) is 0 Å². The van der Waals surface area contributed by atoms with Crippen LogP contribution in [0.5, 0.6) is 0 Å². The van der Waals surface area contributed by atoms with Crippen LogP contribution in [0.3, 0.4) is 0 Å². The summed E-state index contributed by atoms with van der Waals surface area (Å²) in [6, 6.07) is 8.51. The lowest BCUT2D eigenvalue weighted by Crippen LogP contribution is -2.12. The largest absolute Gasteiger partial charge is 0.272 e. The summed E-state index contributed by atoms with van der Waals surface area (Å²) < 4.78 is 27.5. The van der Waals surface area contributed by atoms with Crippen LogP contribution in [0.4, 0.5) is 5.82 Å². The molecule has 0 amide bonds. The molecule has 0 unspecified atom stereocenters. The lowest BCUT2D eigenvalue weighted by atomic mass is 10.4. The lowest BCUT2D eigenvalue weighted by Gasteiger charge is -2.05. The van der Waals surface area contributed by atoms with Crippen LogP contribution in [0.15, 0.2) is 39.1 Å². The van der Waals surface area contributed by atoms with E-state index >= 15 is 0 Å². The highest BCUT2D eigenvalue weighted by atomic mass is 79.9. The van der Waals surface area contributed by atoms with Crippen LogP contribution < -0.4 is 4.72 Å². The highest BCUT2D eigenvalue weighted by Gasteiger charge is 2.17. The van der Waals surface area contributed by atoms with Crippen molar-refractivity contribution in [2.24, 2.45) is 0 Å². The molecule has 0 aromatic carbocycles. The van der Waals surface area contributed by atoms with E-state index in [1.807, 2.05) is 13.0 Å². The Kier molecular flexibility index (Phi) is 4.04. The van der Waals surface area contributed by atoms with Crippen molar-refractivity contribution >= 4 is 43.1 Å². The van der Waals surface area contributed by atoms with E-state index in [0.717, 1.165) is 11.3 Å². The van der Waals surface area contributed by atoms with Gasteiger partial charge in [0, 0.05) is 4.88 Å². The molecule has 2 rings (SSSR count). The van der Waals surface area contributed by atoms with Gasteiger partial charge in [-0.25, -0.2) is 13.4 Å². The lowest BCUT2D eigenvalue weighted by molar-refractivity contribution is 0.603. The zero-order valence-electron chi connectivity index (χ0n) is 9.55. The molecule has 0 atom stereocenters. The fraction of sp³-hybridized carbons (Fsp3) is 0.182. The van der Waals surface area contributed by atoms with Crippen molar-refractivity contribution in [1.29, 1.82) is 0 Å². The zero-order chi connectivity index (χ0) is 13.2. The van der Waals surface area contributed by atoms with Crippen LogP contribution in [-0.4, -0.2) is 13.4 Å². The van der Waals surface area contributed by atoms with E-state index in [9.17, 15) is 8.42 Å². The van der Waals surface area contributed by atoms with Crippen LogP contribution >= 0.6 is 27.3 Å². The number of nitrogens with zero attached hydrogens (tertiary/aromatic N) is 1. The molecule has 0 saturated carbocycles. The van der Waals surface area contributed by atoms with Gasteiger partial charge in [-0.05, 0) is 46.6 Å². The molecule has 2 aromatic heterocycles. The van der Waals surface area contributed by atoms with Crippen LogP contribution in [0.25, 0.3) is 0 Å². The third-order valence-electron chi connectivity index (χ3n) is 2.20. The highest BCUT2D eigenvalue weighted by Crippen LogP contribution is 2.24. The molecule has 0 spiro atoms. The molecule has 4 nitrogen and oxygen atoms in total. The van der Waals surface area contributed by atoms with Crippen LogP contribution in [-0.2, 0) is 16.4 Å². The molecule has 2 aromatic rings. The number of pyridine rings is 1. The molecule has 0 fully saturated rings. The van der Waals surface area contributed by atoms with E-state index in [4.69, 9.17) is 0 Å². The maximum Gasteiger partial charge on any atom is 0.272 e. The SMILES string of the molecule is CCc1ccc(S(=O)(=O)Nc2cccc(Br)n2)s1. The maximum atomic E-state index is 12.1. The topological polar surface area (TPSA) is 59.1 Å². The van der Waals surface area contributed by atoms with E-state index in [2.05, 4.69) is 25.6 Å². The molecule has 96 valence electrons. The monoisotopic (exact) mass is 346 g/mol. The number of hydrogen-bond donors (Lipinski definition) is 1. The van der Waals surface area contributed by atoms with Crippen molar-refractivity contribution in [1.82, 2.24) is 4.98 Å². The smallest absolute Gasteiger partial charge is 0.263 e. The van der Waals surface area contributed by atoms with Crippen molar-refractivity contribution in [2.45, 2.75) is 17.6 Å². The standard InChI is InChI=1S/C11H11BrN2O2S2/c1-2-8-6-7-11(17-8)18(15,16)14-10-5-3-4-9(12)13-10/h3-7H,2H2,1H3,(H,13,14). The van der Waals surface area contributed by atoms with E-state index in [1.54, 1.807) is 24.3 Å². The van der Waals surface area contributed by atoms with Crippen LogP contribution in [0.2, 0.25) is 0 Å². The van der Waals surface area contributed by atoms with E-state index in [1.165, 1.54) is 11.3 Å². The minimum atomic E-state index is -3.53. The molecule has 0 bridgehead atoms. The number of rotatable bonds is 4. The van der Waals surface area contributed by atoms with Crippen molar-refractivity contribution in [2.75, 3.05) is 4.72 Å². The van der Waals surface area contributed by atoms with Crippen molar-refractivity contribution in [3.05, 3.63) is 39.8 Å². The average Bonchev–Trinajstić information content (AvgIpc) is 2.77. The number of anilines is 1. The Morgan fingerprint density at radius 2 is 2.11 bits per heavy atom. The molecular formula is C11H11BrN2O2S2. The first-order valence-corrected chi connectivity index (χ1v) is 8.34. The molecule has 1 N–H and O–H groups in total. The Bertz CT molecular complexity index is 653.